The summed E-state index contributed by atoms with van der Waals surface area (Å²) in [4.78, 5) is 15.2. The molecule has 2 aromatic rings. The maximum atomic E-state index is 11.1. The SMILES string of the molecule is Cc1cnn(CCNc2cc(C(N)=O)c(N)cn2)c1. The summed E-state index contributed by atoms with van der Waals surface area (Å²) in [5, 5.41) is 7.26. The second kappa shape index (κ2) is 5.38. The van der Waals surface area contributed by atoms with E-state index in [9.17, 15) is 4.79 Å². The summed E-state index contributed by atoms with van der Waals surface area (Å²) in [5.41, 5.74) is 12.5. The van der Waals surface area contributed by atoms with Crippen molar-refractivity contribution in [2.45, 2.75) is 13.5 Å². The number of nitrogens with one attached hydrogen (secondary N) is 1. The molecule has 0 bridgehead atoms. The van der Waals surface area contributed by atoms with Crippen LogP contribution in [0.2, 0.25) is 0 Å². The highest BCUT2D eigenvalue weighted by molar-refractivity contribution is 5.98. The van der Waals surface area contributed by atoms with Gasteiger partial charge in [-0.05, 0) is 18.6 Å². The average molecular weight is 260 g/mol. The molecule has 5 N–H and O–H groups in total. The molecular weight excluding hydrogens is 244 g/mol. The molecule has 7 nitrogen and oxygen atoms in total. The molecule has 0 aliphatic carbocycles. The number of carbonyl (C=O) groups excluding carboxylic acids is 1. The third-order valence-electron chi connectivity index (χ3n) is 2.61. The number of primary amides is 1. The lowest BCUT2D eigenvalue weighted by atomic mass is 10.2. The number of nitrogens with zero attached hydrogens (tertiary/aromatic N) is 3. The Morgan fingerprint density at radius 3 is 2.89 bits per heavy atom. The zero-order valence-electron chi connectivity index (χ0n) is 10.6. The standard InChI is InChI=1S/C12H16N6O/c1-8-5-17-18(7-8)3-2-15-11-4-9(12(14)19)10(13)6-16-11/h4-7H,2-3,13H2,1H3,(H2,14,19)(H,15,16). The van der Waals surface area contributed by atoms with E-state index in [1.54, 1.807) is 12.3 Å². The summed E-state index contributed by atoms with van der Waals surface area (Å²) in [7, 11) is 0. The summed E-state index contributed by atoms with van der Waals surface area (Å²) in [5.74, 6) is -0.00229. The Balaban J connectivity index is 1.96. The van der Waals surface area contributed by atoms with Crippen LogP contribution >= 0.6 is 0 Å². The molecule has 0 saturated carbocycles. The van der Waals surface area contributed by atoms with Gasteiger partial charge >= 0.3 is 0 Å². The normalized spacial score (nSPS) is 10.4. The lowest BCUT2D eigenvalue weighted by Crippen LogP contribution is -2.16. The zero-order chi connectivity index (χ0) is 13.8. The minimum Gasteiger partial charge on any atom is -0.397 e. The van der Waals surface area contributed by atoms with E-state index in [0.29, 0.717) is 18.9 Å². The van der Waals surface area contributed by atoms with Gasteiger partial charge in [-0.1, -0.05) is 0 Å². The third kappa shape index (κ3) is 3.21. The molecule has 0 aromatic carbocycles. The van der Waals surface area contributed by atoms with E-state index in [2.05, 4.69) is 15.4 Å². The number of anilines is 2. The average Bonchev–Trinajstić information content (AvgIpc) is 2.77. The Morgan fingerprint density at radius 2 is 2.26 bits per heavy atom. The van der Waals surface area contributed by atoms with E-state index in [1.807, 2.05) is 17.8 Å². The minimum absolute atomic E-state index is 0.271. The predicted octanol–water partition coefficient (Wildman–Crippen LogP) is 0.380. The number of pyridine rings is 1. The van der Waals surface area contributed by atoms with Crippen molar-refractivity contribution < 1.29 is 4.79 Å². The van der Waals surface area contributed by atoms with Crippen LogP contribution in [-0.4, -0.2) is 27.2 Å². The van der Waals surface area contributed by atoms with E-state index in [1.165, 1.54) is 6.20 Å². The van der Waals surface area contributed by atoms with Crippen LogP contribution in [0.15, 0.2) is 24.7 Å². The molecule has 0 unspecified atom stereocenters. The number of hydrogen-bond donors (Lipinski definition) is 3. The van der Waals surface area contributed by atoms with Crippen molar-refractivity contribution in [2.75, 3.05) is 17.6 Å². The lowest BCUT2D eigenvalue weighted by Gasteiger charge is -2.08. The number of aromatic nitrogens is 3. The first kappa shape index (κ1) is 12.9. The Morgan fingerprint density at radius 1 is 1.47 bits per heavy atom. The van der Waals surface area contributed by atoms with Crippen LogP contribution in [0.1, 0.15) is 15.9 Å². The largest absolute Gasteiger partial charge is 0.397 e. The van der Waals surface area contributed by atoms with Crippen LogP contribution in [-0.2, 0) is 6.54 Å². The number of aryl methyl sites for hydroxylation is 1. The Kier molecular flexibility index (Phi) is 3.65. The molecule has 7 heteroatoms. The van der Waals surface area contributed by atoms with Gasteiger partial charge in [-0.3, -0.25) is 9.48 Å². The van der Waals surface area contributed by atoms with Crippen molar-refractivity contribution in [3.8, 4) is 0 Å². The Bertz CT molecular complexity index is 592. The Hall–Kier alpha value is -2.57. The van der Waals surface area contributed by atoms with Crippen molar-refractivity contribution in [1.82, 2.24) is 14.8 Å². The molecule has 2 heterocycles. The number of nitrogens with two attached hydrogens (primary N) is 2. The zero-order valence-corrected chi connectivity index (χ0v) is 10.6. The number of hydrogen-bond acceptors (Lipinski definition) is 5. The fourth-order valence-corrected chi connectivity index (χ4v) is 1.66. The van der Waals surface area contributed by atoms with Crippen molar-refractivity contribution in [3.63, 3.8) is 0 Å². The fourth-order valence-electron chi connectivity index (χ4n) is 1.66. The first-order valence-corrected chi connectivity index (χ1v) is 5.84. The topological polar surface area (TPSA) is 112 Å². The molecule has 0 saturated heterocycles. The highest BCUT2D eigenvalue weighted by Crippen LogP contribution is 2.13. The maximum absolute atomic E-state index is 11.1. The maximum Gasteiger partial charge on any atom is 0.250 e. The molecule has 2 rings (SSSR count). The van der Waals surface area contributed by atoms with E-state index >= 15 is 0 Å². The number of rotatable bonds is 5. The first-order chi connectivity index (χ1) is 9.06. The lowest BCUT2D eigenvalue weighted by molar-refractivity contribution is 0.100. The van der Waals surface area contributed by atoms with Crippen LogP contribution in [0.5, 0.6) is 0 Å². The molecule has 100 valence electrons. The Labute approximate surface area is 110 Å². The van der Waals surface area contributed by atoms with E-state index in [0.717, 1.165) is 5.56 Å². The monoisotopic (exact) mass is 260 g/mol. The van der Waals surface area contributed by atoms with Gasteiger partial charge in [-0.2, -0.15) is 5.10 Å². The summed E-state index contributed by atoms with van der Waals surface area (Å²) >= 11 is 0. The van der Waals surface area contributed by atoms with E-state index in [4.69, 9.17) is 11.5 Å². The van der Waals surface area contributed by atoms with E-state index < -0.39 is 5.91 Å². The molecule has 0 fully saturated rings. The second-order valence-electron chi connectivity index (χ2n) is 4.23. The first-order valence-electron chi connectivity index (χ1n) is 5.84. The van der Waals surface area contributed by atoms with Gasteiger partial charge in [0.15, 0.2) is 0 Å². The smallest absolute Gasteiger partial charge is 0.250 e. The van der Waals surface area contributed by atoms with Gasteiger partial charge in [0.2, 0.25) is 0 Å². The van der Waals surface area contributed by atoms with Crippen LogP contribution in [0.3, 0.4) is 0 Å². The van der Waals surface area contributed by atoms with Crippen molar-refractivity contribution >= 4 is 17.4 Å². The summed E-state index contributed by atoms with van der Waals surface area (Å²) in [6.45, 7) is 3.32. The van der Waals surface area contributed by atoms with Crippen LogP contribution in [0.4, 0.5) is 11.5 Å². The van der Waals surface area contributed by atoms with Crippen LogP contribution in [0, 0.1) is 6.92 Å². The molecule has 0 atom stereocenters. The highest BCUT2D eigenvalue weighted by Gasteiger charge is 2.07. The molecule has 0 radical (unpaired) electrons. The van der Waals surface area contributed by atoms with Crippen molar-refractivity contribution in [1.29, 1.82) is 0 Å². The van der Waals surface area contributed by atoms with Crippen LogP contribution in [0.25, 0.3) is 0 Å². The van der Waals surface area contributed by atoms with Crippen LogP contribution < -0.4 is 16.8 Å². The van der Waals surface area contributed by atoms with Gasteiger partial charge in [0, 0.05) is 12.7 Å². The summed E-state index contributed by atoms with van der Waals surface area (Å²) in [6.07, 6.45) is 5.17. The summed E-state index contributed by atoms with van der Waals surface area (Å²) < 4.78 is 1.83. The van der Waals surface area contributed by atoms with E-state index in [-0.39, 0.29) is 11.3 Å². The fraction of sp³-hybridized carbons (Fsp3) is 0.250. The summed E-state index contributed by atoms with van der Waals surface area (Å²) in [6, 6.07) is 1.55. The molecule has 0 aliphatic heterocycles. The highest BCUT2D eigenvalue weighted by atomic mass is 16.1. The van der Waals surface area contributed by atoms with Gasteiger partial charge in [0.1, 0.15) is 5.82 Å². The van der Waals surface area contributed by atoms with Crippen molar-refractivity contribution in [2.24, 2.45) is 5.73 Å². The second-order valence-corrected chi connectivity index (χ2v) is 4.23. The molecule has 0 spiro atoms. The van der Waals surface area contributed by atoms with Gasteiger partial charge in [-0.25, -0.2) is 4.98 Å². The number of carbonyl (C=O) groups is 1. The predicted molar refractivity (Wildman–Crippen MR) is 72.6 cm³/mol. The molecular formula is C12H16N6O. The van der Waals surface area contributed by atoms with Gasteiger partial charge < -0.3 is 16.8 Å². The number of nitrogen functional groups attached to an aromatic ring is 1. The molecule has 19 heavy (non-hydrogen) atoms. The molecule has 1 amide bonds. The van der Waals surface area contributed by atoms with Gasteiger partial charge in [-0.15, -0.1) is 0 Å². The third-order valence-corrected chi connectivity index (χ3v) is 2.61. The van der Waals surface area contributed by atoms with Gasteiger partial charge in [0.25, 0.3) is 5.91 Å². The molecule has 0 aliphatic rings. The minimum atomic E-state index is -0.564. The van der Waals surface area contributed by atoms with Gasteiger partial charge in [0.05, 0.1) is 30.2 Å². The molecule has 2 aromatic heterocycles. The van der Waals surface area contributed by atoms with Crippen molar-refractivity contribution in [3.05, 3.63) is 35.8 Å². The number of amides is 1. The quantitative estimate of drug-likeness (QED) is 0.719.